The van der Waals surface area contributed by atoms with Crippen LogP contribution in [0.5, 0.6) is 0 Å². The summed E-state index contributed by atoms with van der Waals surface area (Å²) in [5.41, 5.74) is 2.91. The zero-order valence-corrected chi connectivity index (χ0v) is 16.7. The lowest BCUT2D eigenvalue weighted by Crippen LogP contribution is -2.39. The van der Waals surface area contributed by atoms with Crippen LogP contribution < -0.4 is 0 Å². The van der Waals surface area contributed by atoms with E-state index in [9.17, 15) is 0 Å². The van der Waals surface area contributed by atoms with Crippen molar-refractivity contribution in [2.45, 2.75) is 45.2 Å². The average Bonchev–Trinajstić information content (AvgIpc) is 2.62. The summed E-state index contributed by atoms with van der Waals surface area (Å²) in [6, 6.07) is 9.69. The van der Waals surface area contributed by atoms with Gasteiger partial charge in [-0.1, -0.05) is 24.3 Å². The highest BCUT2D eigenvalue weighted by atomic mass is 15.1. The molecule has 2 heterocycles. The van der Waals surface area contributed by atoms with Crippen molar-refractivity contribution < 1.29 is 0 Å². The minimum Gasteiger partial charge on any atom is -0.306 e. The Labute approximate surface area is 155 Å². The zero-order chi connectivity index (χ0) is 17.8. The number of hydrogen-bond donors (Lipinski definition) is 0. The third-order valence-corrected chi connectivity index (χ3v) is 6.68. The van der Waals surface area contributed by atoms with Gasteiger partial charge in [0, 0.05) is 12.6 Å². The Bertz CT molecular complexity index is 526. The summed E-state index contributed by atoms with van der Waals surface area (Å²) >= 11 is 0. The van der Waals surface area contributed by atoms with Gasteiger partial charge in [-0.15, -0.1) is 0 Å². The van der Waals surface area contributed by atoms with Gasteiger partial charge in [0.25, 0.3) is 0 Å². The molecule has 0 saturated carbocycles. The molecule has 0 N–H and O–H groups in total. The van der Waals surface area contributed by atoms with E-state index in [0.717, 1.165) is 18.4 Å². The van der Waals surface area contributed by atoms with Gasteiger partial charge in [-0.25, -0.2) is 0 Å². The van der Waals surface area contributed by atoms with Crippen molar-refractivity contribution in [1.29, 1.82) is 0 Å². The van der Waals surface area contributed by atoms with E-state index in [4.69, 9.17) is 0 Å². The second kappa shape index (κ2) is 8.66. The number of rotatable bonds is 5. The lowest BCUT2D eigenvalue weighted by atomic mass is 9.79. The molecule has 0 aromatic heterocycles. The maximum Gasteiger partial charge on any atom is 0.0313 e. The van der Waals surface area contributed by atoms with E-state index in [0.29, 0.717) is 6.04 Å². The maximum absolute atomic E-state index is 2.67. The molecule has 2 saturated heterocycles. The molecule has 140 valence electrons. The first-order valence-electron chi connectivity index (χ1n) is 10.2. The largest absolute Gasteiger partial charge is 0.306 e. The van der Waals surface area contributed by atoms with Crippen LogP contribution >= 0.6 is 0 Å². The van der Waals surface area contributed by atoms with E-state index in [1.54, 1.807) is 0 Å². The van der Waals surface area contributed by atoms with E-state index < -0.39 is 0 Å². The lowest BCUT2D eigenvalue weighted by molar-refractivity contribution is 0.102. The number of benzene rings is 1. The molecule has 0 amide bonds. The summed E-state index contributed by atoms with van der Waals surface area (Å²) in [6.45, 7) is 8.58. The molecule has 0 unspecified atom stereocenters. The van der Waals surface area contributed by atoms with Crippen molar-refractivity contribution in [3.8, 4) is 0 Å². The minimum absolute atomic E-state index is 0.482. The van der Waals surface area contributed by atoms with E-state index in [-0.39, 0.29) is 0 Å². The monoisotopic (exact) mass is 343 g/mol. The molecule has 0 aliphatic carbocycles. The van der Waals surface area contributed by atoms with Gasteiger partial charge in [0.1, 0.15) is 0 Å². The number of hydrogen-bond acceptors (Lipinski definition) is 3. The standard InChI is InChI=1S/C22H37N3/c1-18(23(2)3)22-7-5-6-19(16-22)17-25-14-10-21(11-15-25)20-8-12-24(4)13-9-20/h5-7,16,18,20-21H,8-15,17H2,1-4H3/t18-/m1/s1. The minimum atomic E-state index is 0.482. The summed E-state index contributed by atoms with van der Waals surface area (Å²) < 4.78 is 0. The summed E-state index contributed by atoms with van der Waals surface area (Å²) in [7, 11) is 6.58. The SMILES string of the molecule is C[C@H](c1cccc(CN2CCC(C3CCN(C)CC3)CC2)c1)N(C)C. The van der Waals surface area contributed by atoms with Crippen LogP contribution in [-0.4, -0.2) is 62.0 Å². The second-order valence-corrected chi connectivity index (χ2v) is 8.64. The average molecular weight is 344 g/mol. The Hall–Kier alpha value is -0.900. The molecule has 2 fully saturated rings. The third-order valence-electron chi connectivity index (χ3n) is 6.68. The maximum atomic E-state index is 2.67. The van der Waals surface area contributed by atoms with Gasteiger partial charge >= 0.3 is 0 Å². The molecular weight excluding hydrogens is 306 g/mol. The molecule has 0 spiro atoms. The fourth-order valence-electron chi connectivity index (χ4n) is 4.59. The van der Waals surface area contributed by atoms with E-state index in [1.165, 1.54) is 63.0 Å². The van der Waals surface area contributed by atoms with Crippen molar-refractivity contribution in [1.82, 2.24) is 14.7 Å². The second-order valence-electron chi connectivity index (χ2n) is 8.64. The molecule has 3 rings (SSSR count). The van der Waals surface area contributed by atoms with Crippen molar-refractivity contribution >= 4 is 0 Å². The van der Waals surface area contributed by atoms with Gasteiger partial charge in [-0.3, -0.25) is 4.90 Å². The molecular formula is C22H37N3. The molecule has 1 atom stereocenters. The van der Waals surface area contributed by atoms with Gasteiger partial charge in [0.05, 0.1) is 0 Å². The Morgan fingerprint density at radius 2 is 1.60 bits per heavy atom. The first-order valence-corrected chi connectivity index (χ1v) is 10.2. The van der Waals surface area contributed by atoms with Crippen molar-refractivity contribution in [3.05, 3.63) is 35.4 Å². The Morgan fingerprint density at radius 3 is 2.20 bits per heavy atom. The van der Waals surface area contributed by atoms with Gasteiger partial charge in [-0.2, -0.15) is 0 Å². The fourth-order valence-corrected chi connectivity index (χ4v) is 4.59. The zero-order valence-electron chi connectivity index (χ0n) is 16.7. The third kappa shape index (κ3) is 5.06. The van der Waals surface area contributed by atoms with Crippen LogP contribution in [-0.2, 0) is 6.54 Å². The van der Waals surface area contributed by atoms with Crippen molar-refractivity contribution in [2.75, 3.05) is 47.3 Å². The number of likely N-dealkylation sites (tertiary alicyclic amines) is 2. The van der Waals surface area contributed by atoms with E-state index in [1.807, 2.05) is 0 Å². The van der Waals surface area contributed by atoms with Gasteiger partial charge in [0.2, 0.25) is 0 Å². The molecule has 25 heavy (non-hydrogen) atoms. The van der Waals surface area contributed by atoms with Crippen LogP contribution in [0.4, 0.5) is 0 Å². The molecule has 2 aliphatic rings. The highest BCUT2D eigenvalue weighted by Gasteiger charge is 2.28. The summed E-state index contributed by atoms with van der Waals surface area (Å²) in [5, 5.41) is 0. The quantitative estimate of drug-likeness (QED) is 0.804. The van der Waals surface area contributed by atoms with Crippen molar-refractivity contribution in [3.63, 3.8) is 0 Å². The predicted octanol–water partition coefficient (Wildman–Crippen LogP) is 3.86. The molecule has 1 aromatic carbocycles. The molecule has 3 nitrogen and oxygen atoms in total. The highest BCUT2D eigenvalue weighted by molar-refractivity contribution is 5.25. The summed E-state index contributed by atoms with van der Waals surface area (Å²) in [4.78, 5) is 7.45. The lowest BCUT2D eigenvalue weighted by Gasteiger charge is -2.39. The summed E-state index contributed by atoms with van der Waals surface area (Å²) in [5.74, 6) is 1.97. The molecule has 2 aliphatic heterocycles. The van der Waals surface area contributed by atoms with Gasteiger partial charge < -0.3 is 9.80 Å². The number of piperidine rings is 2. The molecule has 3 heteroatoms. The Balaban J connectivity index is 1.50. The normalized spacial score (nSPS) is 23.2. The van der Waals surface area contributed by atoms with Crippen LogP contribution in [0, 0.1) is 11.8 Å². The van der Waals surface area contributed by atoms with Crippen LogP contribution in [0.15, 0.2) is 24.3 Å². The molecule has 0 radical (unpaired) electrons. The first kappa shape index (κ1) is 18.9. The van der Waals surface area contributed by atoms with Gasteiger partial charge in [0.15, 0.2) is 0 Å². The van der Waals surface area contributed by atoms with E-state index in [2.05, 4.69) is 67.0 Å². The Morgan fingerprint density at radius 1 is 1.00 bits per heavy atom. The predicted molar refractivity (Wildman–Crippen MR) is 107 cm³/mol. The number of nitrogens with zero attached hydrogens (tertiary/aromatic N) is 3. The van der Waals surface area contributed by atoms with Crippen molar-refractivity contribution in [2.24, 2.45) is 11.8 Å². The highest BCUT2D eigenvalue weighted by Crippen LogP contribution is 2.32. The van der Waals surface area contributed by atoms with Gasteiger partial charge in [-0.05, 0) is 103 Å². The van der Waals surface area contributed by atoms with Crippen LogP contribution in [0.3, 0.4) is 0 Å². The molecule has 1 aromatic rings. The van der Waals surface area contributed by atoms with Crippen LogP contribution in [0.25, 0.3) is 0 Å². The fraction of sp³-hybridized carbons (Fsp3) is 0.727. The molecule has 0 bridgehead atoms. The van der Waals surface area contributed by atoms with E-state index >= 15 is 0 Å². The first-order chi connectivity index (χ1) is 12.0. The smallest absolute Gasteiger partial charge is 0.0313 e. The van der Waals surface area contributed by atoms with Crippen LogP contribution in [0.2, 0.25) is 0 Å². The van der Waals surface area contributed by atoms with Crippen LogP contribution in [0.1, 0.15) is 49.8 Å². The Kier molecular flexibility index (Phi) is 6.54. The summed E-state index contributed by atoms with van der Waals surface area (Å²) in [6.07, 6.45) is 5.65. The topological polar surface area (TPSA) is 9.72 Å².